The van der Waals surface area contributed by atoms with E-state index in [9.17, 15) is 0 Å². The molecule has 1 aromatic carbocycles. The van der Waals surface area contributed by atoms with E-state index < -0.39 is 0 Å². The molecule has 0 radical (unpaired) electrons. The fourth-order valence-corrected chi connectivity index (χ4v) is 2.70. The van der Waals surface area contributed by atoms with Crippen LogP contribution in [0.2, 0.25) is 0 Å². The quantitative estimate of drug-likeness (QED) is 0.864. The summed E-state index contributed by atoms with van der Waals surface area (Å²) in [5.74, 6) is 1.37. The molecule has 5 nitrogen and oxygen atoms in total. The predicted molar refractivity (Wildman–Crippen MR) is 81.2 cm³/mol. The average Bonchev–Trinajstić information content (AvgIpc) is 2.41. The van der Waals surface area contributed by atoms with Gasteiger partial charge in [-0.1, -0.05) is 6.07 Å². The van der Waals surface area contributed by atoms with Crippen LogP contribution in [0.3, 0.4) is 0 Å². The summed E-state index contributed by atoms with van der Waals surface area (Å²) in [7, 11) is 0. The minimum Gasteiger partial charge on any atom is -0.383 e. The molecule has 0 saturated carbocycles. The molecule has 20 heavy (non-hydrogen) atoms. The first-order valence-corrected chi connectivity index (χ1v) is 7.12. The number of piperidine rings is 1. The van der Waals surface area contributed by atoms with E-state index in [-0.39, 0.29) is 0 Å². The molecular formula is C15H21N5. The fraction of sp³-hybridized carbons (Fsp3) is 0.467. The normalized spacial score (nSPS) is 17.7. The second-order valence-electron chi connectivity index (χ2n) is 5.66. The summed E-state index contributed by atoms with van der Waals surface area (Å²) in [6.45, 7) is 4.83. The number of rotatable bonds is 2. The second kappa shape index (κ2) is 5.34. The topological polar surface area (TPSA) is 81.1 Å². The van der Waals surface area contributed by atoms with Crippen molar-refractivity contribution in [3.63, 3.8) is 0 Å². The van der Waals surface area contributed by atoms with Gasteiger partial charge in [0, 0.05) is 24.5 Å². The smallest absolute Gasteiger partial charge is 0.145 e. The van der Waals surface area contributed by atoms with Gasteiger partial charge in [0.05, 0.1) is 12.1 Å². The number of fused-ring (bicyclic) bond motifs is 1. The van der Waals surface area contributed by atoms with Crippen LogP contribution < -0.4 is 11.5 Å². The third-order valence-corrected chi connectivity index (χ3v) is 3.93. The maximum absolute atomic E-state index is 6.04. The van der Waals surface area contributed by atoms with Gasteiger partial charge in [0.2, 0.25) is 0 Å². The Kier molecular flexibility index (Phi) is 3.54. The highest BCUT2D eigenvalue weighted by Gasteiger charge is 2.17. The molecule has 0 aliphatic carbocycles. The molecule has 2 aromatic rings. The predicted octanol–water partition coefficient (Wildman–Crippen LogP) is 1.44. The average molecular weight is 271 g/mol. The largest absolute Gasteiger partial charge is 0.383 e. The maximum Gasteiger partial charge on any atom is 0.145 e. The lowest BCUT2D eigenvalue weighted by molar-refractivity contribution is 0.201. The number of likely N-dealkylation sites (tertiary alicyclic amines) is 1. The third kappa shape index (κ3) is 2.73. The number of nitrogens with two attached hydrogens (primary N) is 2. The van der Waals surface area contributed by atoms with Gasteiger partial charge in [0.15, 0.2) is 0 Å². The molecule has 0 spiro atoms. The molecular weight excluding hydrogens is 250 g/mol. The van der Waals surface area contributed by atoms with Crippen LogP contribution in [0.4, 0.5) is 5.82 Å². The summed E-state index contributed by atoms with van der Waals surface area (Å²) >= 11 is 0. The monoisotopic (exact) mass is 271 g/mol. The van der Waals surface area contributed by atoms with E-state index in [0.29, 0.717) is 11.9 Å². The molecule has 0 bridgehead atoms. The molecule has 2 heterocycles. The van der Waals surface area contributed by atoms with Crippen molar-refractivity contribution in [1.82, 2.24) is 14.9 Å². The van der Waals surface area contributed by atoms with Crippen LogP contribution in [0.1, 0.15) is 24.2 Å². The first kappa shape index (κ1) is 13.3. The van der Waals surface area contributed by atoms with E-state index in [0.717, 1.165) is 49.2 Å². The van der Waals surface area contributed by atoms with Gasteiger partial charge in [-0.15, -0.1) is 0 Å². The first-order chi connectivity index (χ1) is 9.61. The van der Waals surface area contributed by atoms with E-state index in [2.05, 4.69) is 27.9 Å². The van der Waals surface area contributed by atoms with E-state index >= 15 is 0 Å². The Morgan fingerprint density at radius 1 is 1.25 bits per heavy atom. The lowest BCUT2D eigenvalue weighted by Crippen LogP contribution is -2.39. The van der Waals surface area contributed by atoms with Crippen molar-refractivity contribution in [1.29, 1.82) is 0 Å². The van der Waals surface area contributed by atoms with Crippen molar-refractivity contribution in [2.75, 3.05) is 18.8 Å². The third-order valence-electron chi connectivity index (χ3n) is 3.93. The van der Waals surface area contributed by atoms with Crippen molar-refractivity contribution >= 4 is 16.7 Å². The number of aryl methyl sites for hydroxylation is 1. The number of hydrogen-bond donors (Lipinski definition) is 2. The first-order valence-electron chi connectivity index (χ1n) is 7.12. The lowest BCUT2D eigenvalue weighted by Gasteiger charge is -2.29. The van der Waals surface area contributed by atoms with Gasteiger partial charge in [-0.05, 0) is 37.5 Å². The van der Waals surface area contributed by atoms with E-state index in [1.807, 2.05) is 12.1 Å². The van der Waals surface area contributed by atoms with Gasteiger partial charge in [-0.3, -0.25) is 4.90 Å². The van der Waals surface area contributed by atoms with E-state index in [1.54, 1.807) is 0 Å². The molecule has 1 saturated heterocycles. The molecule has 1 aromatic heterocycles. The van der Waals surface area contributed by atoms with E-state index in [1.165, 1.54) is 5.56 Å². The van der Waals surface area contributed by atoms with Crippen LogP contribution in [-0.2, 0) is 6.54 Å². The van der Waals surface area contributed by atoms with E-state index in [4.69, 9.17) is 11.5 Å². The zero-order valence-electron chi connectivity index (χ0n) is 11.8. The number of aromatic nitrogens is 2. The highest BCUT2D eigenvalue weighted by atomic mass is 15.2. The molecule has 0 unspecified atom stereocenters. The zero-order chi connectivity index (χ0) is 14.1. The van der Waals surface area contributed by atoms with Crippen LogP contribution in [0.25, 0.3) is 10.9 Å². The Balaban J connectivity index is 1.84. The zero-order valence-corrected chi connectivity index (χ0v) is 11.8. The highest BCUT2D eigenvalue weighted by Crippen LogP contribution is 2.20. The molecule has 1 aliphatic heterocycles. The standard InChI is InChI=1S/C15H21N5/c1-10-2-3-12-13(8-10)18-14(19-15(12)17)9-20-6-4-11(16)5-7-20/h2-3,8,11H,4-7,9,16H2,1H3,(H2,17,18,19). The SMILES string of the molecule is Cc1ccc2c(N)nc(CN3CCC(N)CC3)nc2c1. The number of benzene rings is 1. The van der Waals surface area contributed by atoms with Crippen molar-refractivity contribution < 1.29 is 0 Å². The summed E-state index contributed by atoms with van der Waals surface area (Å²) in [4.78, 5) is 11.4. The van der Waals surface area contributed by atoms with Gasteiger partial charge in [-0.2, -0.15) is 0 Å². The van der Waals surface area contributed by atoms with Crippen LogP contribution in [0.5, 0.6) is 0 Å². The molecule has 5 heteroatoms. The summed E-state index contributed by atoms with van der Waals surface area (Å²) in [6, 6.07) is 6.43. The molecule has 4 N–H and O–H groups in total. The van der Waals surface area contributed by atoms with Gasteiger partial charge in [0.1, 0.15) is 11.6 Å². The summed E-state index contributed by atoms with van der Waals surface area (Å²) in [6.07, 6.45) is 2.09. The second-order valence-corrected chi connectivity index (χ2v) is 5.66. The Hall–Kier alpha value is -1.72. The molecule has 0 amide bonds. The fourth-order valence-electron chi connectivity index (χ4n) is 2.70. The van der Waals surface area contributed by atoms with Gasteiger partial charge < -0.3 is 11.5 Å². The molecule has 0 atom stereocenters. The number of anilines is 1. The summed E-state index contributed by atoms with van der Waals surface area (Å²) in [5, 5.41) is 0.931. The molecule has 1 aliphatic rings. The number of nitrogen functional groups attached to an aromatic ring is 1. The van der Waals surface area contributed by atoms with Crippen LogP contribution in [-0.4, -0.2) is 34.0 Å². The number of nitrogens with zero attached hydrogens (tertiary/aromatic N) is 3. The van der Waals surface area contributed by atoms with Gasteiger partial charge in [0.25, 0.3) is 0 Å². The Morgan fingerprint density at radius 3 is 2.75 bits per heavy atom. The van der Waals surface area contributed by atoms with Crippen molar-refractivity contribution in [3.05, 3.63) is 29.6 Å². The Morgan fingerprint density at radius 2 is 2.00 bits per heavy atom. The Bertz CT molecular complexity index is 617. The minimum absolute atomic E-state index is 0.344. The van der Waals surface area contributed by atoms with Crippen molar-refractivity contribution in [3.8, 4) is 0 Å². The van der Waals surface area contributed by atoms with Crippen molar-refractivity contribution in [2.24, 2.45) is 5.73 Å². The van der Waals surface area contributed by atoms with Crippen LogP contribution >= 0.6 is 0 Å². The van der Waals surface area contributed by atoms with Gasteiger partial charge in [-0.25, -0.2) is 9.97 Å². The highest BCUT2D eigenvalue weighted by molar-refractivity contribution is 5.88. The van der Waals surface area contributed by atoms with Gasteiger partial charge >= 0.3 is 0 Å². The number of hydrogen-bond acceptors (Lipinski definition) is 5. The lowest BCUT2D eigenvalue weighted by atomic mass is 10.1. The van der Waals surface area contributed by atoms with Crippen LogP contribution in [0.15, 0.2) is 18.2 Å². The Labute approximate surface area is 119 Å². The molecule has 1 fully saturated rings. The molecule has 106 valence electrons. The minimum atomic E-state index is 0.344. The summed E-state index contributed by atoms with van der Waals surface area (Å²) < 4.78 is 0. The summed E-state index contributed by atoms with van der Waals surface area (Å²) in [5.41, 5.74) is 14.1. The van der Waals surface area contributed by atoms with Crippen LogP contribution in [0, 0.1) is 6.92 Å². The van der Waals surface area contributed by atoms with Crippen molar-refractivity contribution in [2.45, 2.75) is 32.4 Å². The maximum atomic E-state index is 6.04. The molecule has 3 rings (SSSR count).